The highest BCUT2D eigenvalue weighted by Crippen LogP contribution is 2.15. The van der Waals surface area contributed by atoms with Crippen LogP contribution >= 0.6 is 11.6 Å². The van der Waals surface area contributed by atoms with Crippen LogP contribution in [0.25, 0.3) is 0 Å². The summed E-state index contributed by atoms with van der Waals surface area (Å²) in [6, 6.07) is 8.84. The second-order valence-corrected chi connectivity index (χ2v) is 8.69. The SMILES string of the molecule is O=C(N[C@@H](N[C@H]1CCS(=O)(=O)C1)C(=O)c1ccc(Cl)cc1)c1ccco1. The zero-order chi connectivity index (χ0) is 18.7. The van der Waals surface area contributed by atoms with Gasteiger partial charge in [-0.1, -0.05) is 11.6 Å². The average molecular weight is 397 g/mol. The van der Waals surface area contributed by atoms with Crippen molar-refractivity contribution in [3.63, 3.8) is 0 Å². The highest BCUT2D eigenvalue weighted by atomic mass is 35.5. The van der Waals surface area contributed by atoms with Crippen LogP contribution < -0.4 is 10.6 Å². The molecule has 1 aromatic heterocycles. The molecule has 0 aliphatic carbocycles. The summed E-state index contributed by atoms with van der Waals surface area (Å²) in [5.74, 6) is -0.937. The third-order valence-corrected chi connectivity index (χ3v) is 6.07. The number of Topliss-reactive ketones (excluding diaryl/α,β-unsaturated/α-hetero) is 1. The van der Waals surface area contributed by atoms with Crippen LogP contribution in [-0.2, 0) is 9.84 Å². The van der Waals surface area contributed by atoms with Gasteiger partial charge in [-0.25, -0.2) is 8.42 Å². The Balaban J connectivity index is 1.79. The summed E-state index contributed by atoms with van der Waals surface area (Å²) in [6.07, 6.45) is 0.637. The number of ketones is 1. The first-order valence-corrected chi connectivity index (χ1v) is 10.1. The van der Waals surface area contributed by atoms with Crippen molar-refractivity contribution >= 4 is 33.1 Å². The molecule has 138 valence electrons. The zero-order valence-corrected chi connectivity index (χ0v) is 15.2. The molecule has 1 aliphatic rings. The number of amides is 1. The van der Waals surface area contributed by atoms with Crippen LogP contribution in [0, 0.1) is 0 Å². The van der Waals surface area contributed by atoms with Crippen molar-refractivity contribution in [1.82, 2.24) is 10.6 Å². The molecule has 2 aromatic rings. The summed E-state index contributed by atoms with van der Waals surface area (Å²) < 4.78 is 28.4. The summed E-state index contributed by atoms with van der Waals surface area (Å²) in [5.41, 5.74) is 0.340. The van der Waals surface area contributed by atoms with Gasteiger partial charge in [-0.05, 0) is 42.8 Å². The first-order chi connectivity index (χ1) is 12.3. The van der Waals surface area contributed by atoms with Crippen molar-refractivity contribution in [3.8, 4) is 0 Å². The summed E-state index contributed by atoms with van der Waals surface area (Å²) in [7, 11) is -3.13. The third kappa shape index (κ3) is 4.51. The molecular weight excluding hydrogens is 380 g/mol. The molecule has 0 unspecified atom stereocenters. The lowest BCUT2D eigenvalue weighted by atomic mass is 10.1. The number of halogens is 1. The maximum absolute atomic E-state index is 12.8. The monoisotopic (exact) mass is 396 g/mol. The van der Waals surface area contributed by atoms with Crippen molar-refractivity contribution in [2.75, 3.05) is 11.5 Å². The lowest BCUT2D eigenvalue weighted by Crippen LogP contribution is -2.54. The molecule has 9 heteroatoms. The fourth-order valence-electron chi connectivity index (χ4n) is 2.74. The van der Waals surface area contributed by atoms with Gasteiger partial charge < -0.3 is 9.73 Å². The molecule has 1 aliphatic heterocycles. The Kier molecular flexibility index (Phi) is 5.45. The minimum Gasteiger partial charge on any atom is -0.459 e. The summed E-state index contributed by atoms with van der Waals surface area (Å²) in [4.78, 5) is 25.1. The van der Waals surface area contributed by atoms with Gasteiger partial charge in [0.15, 0.2) is 21.4 Å². The molecule has 0 radical (unpaired) electrons. The number of furan rings is 1. The normalized spacial score (nSPS) is 19.8. The fourth-order valence-corrected chi connectivity index (χ4v) is 4.55. The van der Waals surface area contributed by atoms with Crippen molar-refractivity contribution in [2.24, 2.45) is 0 Å². The largest absolute Gasteiger partial charge is 0.459 e. The van der Waals surface area contributed by atoms with Gasteiger partial charge in [-0.15, -0.1) is 0 Å². The molecule has 1 amide bonds. The molecule has 1 aromatic carbocycles. The van der Waals surface area contributed by atoms with Gasteiger partial charge >= 0.3 is 0 Å². The minimum absolute atomic E-state index is 0.0542. The molecule has 2 atom stereocenters. The van der Waals surface area contributed by atoms with Crippen LogP contribution in [0.5, 0.6) is 0 Å². The summed E-state index contributed by atoms with van der Waals surface area (Å²) >= 11 is 5.84. The van der Waals surface area contributed by atoms with E-state index in [-0.39, 0.29) is 17.3 Å². The third-order valence-electron chi connectivity index (χ3n) is 4.05. The maximum Gasteiger partial charge on any atom is 0.288 e. The average Bonchev–Trinajstić information content (AvgIpc) is 3.24. The molecule has 1 fully saturated rings. The number of carbonyl (C=O) groups is 2. The van der Waals surface area contributed by atoms with E-state index in [0.717, 1.165) is 0 Å². The van der Waals surface area contributed by atoms with Crippen LogP contribution in [-0.4, -0.2) is 43.8 Å². The Morgan fingerprint density at radius 3 is 2.50 bits per heavy atom. The molecule has 2 heterocycles. The lowest BCUT2D eigenvalue weighted by molar-refractivity contribution is 0.0816. The van der Waals surface area contributed by atoms with Gasteiger partial charge in [-0.2, -0.15) is 0 Å². The number of hydrogen-bond acceptors (Lipinski definition) is 6. The first kappa shape index (κ1) is 18.6. The molecular formula is C17H17ClN2O5S. The highest BCUT2D eigenvalue weighted by molar-refractivity contribution is 7.91. The lowest BCUT2D eigenvalue weighted by Gasteiger charge is -2.22. The van der Waals surface area contributed by atoms with Gasteiger partial charge in [0.25, 0.3) is 5.91 Å². The number of sulfone groups is 1. The van der Waals surface area contributed by atoms with E-state index in [0.29, 0.717) is 17.0 Å². The van der Waals surface area contributed by atoms with Crippen LogP contribution in [0.3, 0.4) is 0 Å². The van der Waals surface area contributed by atoms with Gasteiger partial charge in [0.05, 0.1) is 17.8 Å². The van der Waals surface area contributed by atoms with E-state index >= 15 is 0 Å². The van der Waals surface area contributed by atoms with Gasteiger partial charge in [0.2, 0.25) is 0 Å². The molecule has 1 saturated heterocycles. The van der Waals surface area contributed by atoms with E-state index < -0.39 is 33.7 Å². The van der Waals surface area contributed by atoms with E-state index in [9.17, 15) is 18.0 Å². The second kappa shape index (κ2) is 7.61. The van der Waals surface area contributed by atoms with E-state index in [2.05, 4.69) is 10.6 Å². The number of hydrogen-bond donors (Lipinski definition) is 2. The smallest absolute Gasteiger partial charge is 0.288 e. The van der Waals surface area contributed by atoms with Crippen molar-refractivity contribution in [3.05, 3.63) is 59.0 Å². The molecule has 0 bridgehead atoms. The number of benzene rings is 1. The van der Waals surface area contributed by atoms with E-state index in [1.807, 2.05) is 0 Å². The number of rotatable bonds is 6. The van der Waals surface area contributed by atoms with Crippen molar-refractivity contribution in [1.29, 1.82) is 0 Å². The van der Waals surface area contributed by atoms with Gasteiger partial charge in [0.1, 0.15) is 6.17 Å². The Morgan fingerprint density at radius 1 is 1.19 bits per heavy atom. The Labute approximate surface area is 155 Å². The van der Waals surface area contributed by atoms with Gasteiger partial charge in [0, 0.05) is 16.6 Å². The predicted octanol–water partition coefficient (Wildman–Crippen LogP) is 1.65. The highest BCUT2D eigenvalue weighted by Gasteiger charge is 2.32. The topological polar surface area (TPSA) is 105 Å². The summed E-state index contributed by atoms with van der Waals surface area (Å²) in [6.45, 7) is 0. The standard InChI is InChI=1S/C17H17ClN2O5S/c18-12-5-3-11(4-6-12)15(21)16(19-13-7-9-26(23,24)10-13)20-17(22)14-2-1-8-25-14/h1-6,8,13,16,19H,7,9-10H2,(H,20,22)/t13-,16+/m0/s1. The van der Waals surface area contributed by atoms with E-state index in [1.165, 1.54) is 12.3 Å². The van der Waals surface area contributed by atoms with Crippen LogP contribution in [0.15, 0.2) is 47.1 Å². The molecule has 0 spiro atoms. The second-order valence-electron chi connectivity index (χ2n) is 6.02. The van der Waals surface area contributed by atoms with Crippen molar-refractivity contribution < 1.29 is 22.4 Å². The number of nitrogens with one attached hydrogen (secondary N) is 2. The van der Waals surface area contributed by atoms with Crippen molar-refractivity contribution in [2.45, 2.75) is 18.6 Å². The quantitative estimate of drug-likeness (QED) is 0.568. The molecule has 2 N–H and O–H groups in total. The molecule has 7 nitrogen and oxygen atoms in total. The molecule has 3 rings (SSSR count). The fraction of sp³-hybridized carbons (Fsp3) is 0.294. The molecule has 0 saturated carbocycles. The van der Waals surface area contributed by atoms with E-state index in [4.69, 9.17) is 16.0 Å². The van der Waals surface area contributed by atoms with Crippen LogP contribution in [0.1, 0.15) is 27.3 Å². The van der Waals surface area contributed by atoms with Gasteiger partial charge in [-0.3, -0.25) is 14.9 Å². The minimum atomic E-state index is -3.13. The molecule has 26 heavy (non-hydrogen) atoms. The van der Waals surface area contributed by atoms with E-state index in [1.54, 1.807) is 30.3 Å². The maximum atomic E-state index is 12.8. The Bertz CT molecular complexity index is 894. The summed E-state index contributed by atoms with van der Waals surface area (Å²) in [5, 5.41) is 5.99. The number of carbonyl (C=O) groups excluding carboxylic acids is 2. The zero-order valence-electron chi connectivity index (χ0n) is 13.6. The Hall–Kier alpha value is -2.16. The van der Waals surface area contributed by atoms with Crippen LogP contribution in [0.2, 0.25) is 5.02 Å². The predicted molar refractivity (Wildman–Crippen MR) is 95.9 cm³/mol. The van der Waals surface area contributed by atoms with Crippen LogP contribution in [0.4, 0.5) is 0 Å². The Morgan fingerprint density at radius 2 is 1.92 bits per heavy atom. The first-order valence-electron chi connectivity index (χ1n) is 7.95.